The number of hydrogen-bond donors (Lipinski definition) is 0. The molecule has 1 amide bonds. The van der Waals surface area contributed by atoms with Gasteiger partial charge < -0.3 is 14.4 Å². The van der Waals surface area contributed by atoms with E-state index in [4.69, 9.17) is 9.47 Å². The van der Waals surface area contributed by atoms with Gasteiger partial charge in [-0.15, -0.1) is 13.2 Å². The molecular weight excluding hydrogens is 422 g/mol. The van der Waals surface area contributed by atoms with E-state index in [9.17, 15) is 4.79 Å². The van der Waals surface area contributed by atoms with E-state index in [0.717, 1.165) is 16.7 Å². The van der Waals surface area contributed by atoms with Crippen molar-refractivity contribution < 1.29 is 14.3 Å². The van der Waals surface area contributed by atoms with Crippen molar-refractivity contribution in [1.29, 1.82) is 0 Å². The minimum atomic E-state index is -0.357. The molecule has 4 heteroatoms. The van der Waals surface area contributed by atoms with Gasteiger partial charge in [0.15, 0.2) is 0 Å². The van der Waals surface area contributed by atoms with Crippen LogP contribution in [-0.4, -0.2) is 31.1 Å². The summed E-state index contributed by atoms with van der Waals surface area (Å²) in [5.41, 5.74) is 3.14. The highest BCUT2D eigenvalue weighted by molar-refractivity contribution is 5.81. The number of ether oxygens (including phenoxy) is 2. The number of amides is 1. The number of rotatable bonds is 12. The molecule has 0 spiro atoms. The molecule has 0 aromatic heterocycles. The largest absolute Gasteiger partial charge is 0.497 e. The van der Waals surface area contributed by atoms with E-state index >= 15 is 0 Å². The molecule has 3 rings (SSSR count). The number of methoxy groups -OCH3 is 2. The normalized spacial score (nSPS) is 12.3. The zero-order chi connectivity index (χ0) is 24.3. The first-order valence-corrected chi connectivity index (χ1v) is 11.4. The summed E-state index contributed by atoms with van der Waals surface area (Å²) in [5.74, 6) is 1.04. The second kappa shape index (κ2) is 12.4. The summed E-state index contributed by atoms with van der Waals surface area (Å²) < 4.78 is 11.0. The molecule has 3 aromatic rings. The Morgan fingerprint density at radius 1 is 0.853 bits per heavy atom. The summed E-state index contributed by atoms with van der Waals surface area (Å²) >= 11 is 0. The Hall–Kier alpha value is -3.79. The van der Waals surface area contributed by atoms with Gasteiger partial charge in [-0.2, -0.15) is 0 Å². The minimum absolute atomic E-state index is 0.0116. The average molecular weight is 456 g/mol. The van der Waals surface area contributed by atoms with Crippen LogP contribution in [-0.2, 0) is 24.2 Å². The topological polar surface area (TPSA) is 38.8 Å². The molecule has 0 fully saturated rings. The molecule has 3 aromatic carbocycles. The van der Waals surface area contributed by atoms with Crippen LogP contribution in [0, 0.1) is 5.92 Å². The van der Waals surface area contributed by atoms with E-state index in [-0.39, 0.29) is 17.9 Å². The molecule has 0 bridgehead atoms. The molecule has 0 radical (unpaired) electrons. The monoisotopic (exact) mass is 455 g/mol. The number of nitrogens with zero attached hydrogens (tertiary/aromatic N) is 1. The zero-order valence-electron chi connectivity index (χ0n) is 20.0. The molecule has 0 aliphatic rings. The molecule has 2 atom stereocenters. The highest BCUT2D eigenvalue weighted by Crippen LogP contribution is 2.28. The molecule has 4 nitrogen and oxygen atoms in total. The molecule has 34 heavy (non-hydrogen) atoms. The van der Waals surface area contributed by atoms with Crippen LogP contribution in [0.15, 0.2) is 104 Å². The highest BCUT2D eigenvalue weighted by atomic mass is 16.5. The van der Waals surface area contributed by atoms with Gasteiger partial charge >= 0.3 is 0 Å². The van der Waals surface area contributed by atoms with Gasteiger partial charge in [0.25, 0.3) is 0 Å². The van der Waals surface area contributed by atoms with Gasteiger partial charge in [0.05, 0.1) is 26.2 Å². The lowest BCUT2D eigenvalue weighted by atomic mass is 9.95. The Morgan fingerprint density at radius 2 is 1.47 bits per heavy atom. The van der Waals surface area contributed by atoms with Crippen LogP contribution in [0.25, 0.3) is 0 Å². The first kappa shape index (κ1) is 24.8. The van der Waals surface area contributed by atoms with Crippen LogP contribution in [0.1, 0.15) is 16.7 Å². The predicted octanol–water partition coefficient (Wildman–Crippen LogP) is 5.87. The fourth-order valence-electron chi connectivity index (χ4n) is 4.05. The van der Waals surface area contributed by atoms with Crippen LogP contribution in [0.3, 0.4) is 0 Å². The summed E-state index contributed by atoms with van der Waals surface area (Å²) in [6.07, 6.45) is 4.86. The fraction of sp³-hybridized carbons (Fsp3) is 0.233. The second-order valence-corrected chi connectivity index (χ2v) is 8.17. The molecule has 0 aliphatic heterocycles. The highest BCUT2D eigenvalue weighted by Gasteiger charge is 2.28. The second-order valence-electron chi connectivity index (χ2n) is 8.17. The summed E-state index contributed by atoms with van der Waals surface area (Å²) in [6, 6.07) is 25.7. The fourth-order valence-corrected chi connectivity index (χ4v) is 4.05. The summed E-state index contributed by atoms with van der Waals surface area (Å²) in [6.45, 7) is 8.43. The first-order valence-electron chi connectivity index (χ1n) is 11.4. The standard InChI is InChI=1S/C30H33NO3/c1-5-25(19-23-13-9-7-10-14-23)30(32)31(27(6-2)20-24-15-11-8-12-16-24)22-26-17-18-28(33-3)21-29(26)34-4/h5-18,21,25,27H,1-2,19-20,22H2,3-4H3/t25-,27+/m0/s1. The van der Waals surface area contributed by atoms with Crippen molar-refractivity contribution in [3.8, 4) is 11.5 Å². The Kier molecular flexibility index (Phi) is 9.10. The maximum atomic E-state index is 13.9. The maximum Gasteiger partial charge on any atom is 0.230 e. The lowest BCUT2D eigenvalue weighted by molar-refractivity contribution is -0.136. The van der Waals surface area contributed by atoms with Crippen LogP contribution >= 0.6 is 0 Å². The van der Waals surface area contributed by atoms with Gasteiger partial charge in [-0.1, -0.05) is 72.8 Å². The first-order chi connectivity index (χ1) is 16.6. The van der Waals surface area contributed by atoms with Gasteiger partial charge in [0, 0.05) is 18.2 Å². The molecule has 0 unspecified atom stereocenters. The van der Waals surface area contributed by atoms with E-state index in [2.05, 4.69) is 25.3 Å². The van der Waals surface area contributed by atoms with Gasteiger partial charge in [0.2, 0.25) is 5.91 Å². The number of hydrogen-bond acceptors (Lipinski definition) is 3. The molecule has 0 N–H and O–H groups in total. The molecular formula is C30H33NO3. The van der Waals surface area contributed by atoms with E-state index in [1.165, 1.54) is 0 Å². The molecule has 0 heterocycles. The Morgan fingerprint density at radius 3 is 2.00 bits per heavy atom. The maximum absolute atomic E-state index is 13.9. The van der Waals surface area contributed by atoms with Crippen molar-refractivity contribution in [2.75, 3.05) is 14.2 Å². The van der Waals surface area contributed by atoms with E-state index in [0.29, 0.717) is 30.9 Å². The lowest BCUT2D eigenvalue weighted by Gasteiger charge is -2.33. The Balaban J connectivity index is 1.95. The number of carbonyl (C=O) groups excluding carboxylic acids is 1. The van der Waals surface area contributed by atoms with Crippen LogP contribution < -0.4 is 9.47 Å². The van der Waals surface area contributed by atoms with Crippen molar-refractivity contribution in [2.24, 2.45) is 5.92 Å². The van der Waals surface area contributed by atoms with Gasteiger partial charge in [-0.3, -0.25) is 4.79 Å². The van der Waals surface area contributed by atoms with Crippen molar-refractivity contribution in [3.05, 3.63) is 121 Å². The summed E-state index contributed by atoms with van der Waals surface area (Å²) in [7, 11) is 3.25. The summed E-state index contributed by atoms with van der Waals surface area (Å²) in [4.78, 5) is 15.8. The van der Waals surface area contributed by atoms with Gasteiger partial charge in [0.1, 0.15) is 11.5 Å². The Bertz CT molecular complexity index is 1080. The van der Waals surface area contributed by atoms with E-state index < -0.39 is 0 Å². The smallest absolute Gasteiger partial charge is 0.230 e. The predicted molar refractivity (Wildman–Crippen MR) is 138 cm³/mol. The molecule has 0 aliphatic carbocycles. The van der Waals surface area contributed by atoms with Crippen LogP contribution in [0.5, 0.6) is 11.5 Å². The molecule has 0 saturated heterocycles. The van der Waals surface area contributed by atoms with Crippen molar-refractivity contribution >= 4 is 5.91 Å². The zero-order valence-corrected chi connectivity index (χ0v) is 20.0. The van der Waals surface area contributed by atoms with Crippen LogP contribution in [0.4, 0.5) is 0 Å². The van der Waals surface area contributed by atoms with E-state index in [1.54, 1.807) is 20.3 Å². The Labute approximate surface area is 203 Å². The SMILES string of the molecule is C=C[C@H](Cc1ccccc1)N(Cc1ccc(OC)cc1OC)C(=O)[C@@H](C=C)Cc1ccccc1. The van der Waals surface area contributed by atoms with Gasteiger partial charge in [-0.05, 0) is 36.1 Å². The third kappa shape index (κ3) is 6.38. The molecule has 0 saturated carbocycles. The van der Waals surface area contributed by atoms with Crippen LogP contribution in [0.2, 0.25) is 0 Å². The van der Waals surface area contributed by atoms with Crippen molar-refractivity contribution in [2.45, 2.75) is 25.4 Å². The van der Waals surface area contributed by atoms with Crippen molar-refractivity contribution in [3.63, 3.8) is 0 Å². The quantitative estimate of drug-likeness (QED) is 0.320. The van der Waals surface area contributed by atoms with Gasteiger partial charge in [-0.25, -0.2) is 0 Å². The minimum Gasteiger partial charge on any atom is -0.497 e. The number of carbonyl (C=O) groups is 1. The average Bonchev–Trinajstić information content (AvgIpc) is 2.90. The third-order valence-corrected chi connectivity index (χ3v) is 5.98. The summed E-state index contributed by atoms with van der Waals surface area (Å²) in [5, 5.41) is 0. The number of benzene rings is 3. The lowest BCUT2D eigenvalue weighted by Crippen LogP contribution is -2.43. The third-order valence-electron chi connectivity index (χ3n) is 5.98. The van der Waals surface area contributed by atoms with Crippen molar-refractivity contribution in [1.82, 2.24) is 4.90 Å². The molecule has 176 valence electrons. The van der Waals surface area contributed by atoms with E-state index in [1.807, 2.05) is 77.7 Å².